The molecular weight excluding hydrogens is 146 g/mol. The average Bonchev–Trinajstić information content (AvgIpc) is 2.04. The maximum atomic E-state index is 10.9. The number of nitrogens with zero attached hydrogens (tertiary/aromatic N) is 2. The van der Waals surface area contributed by atoms with E-state index in [0.717, 1.165) is 0 Å². The summed E-state index contributed by atoms with van der Waals surface area (Å²) in [5.41, 5.74) is 5.56. The second kappa shape index (κ2) is 2.96. The van der Waals surface area contributed by atoms with Crippen LogP contribution in [0, 0.1) is 0 Å². The van der Waals surface area contributed by atoms with Crippen LogP contribution in [0.15, 0.2) is 12.3 Å². The van der Waals surface area contributed by atoms with Crippen LogP contribution in [-0.4, -0.2) is 23.3 Å². The molecule has 0 aliphatic rings. The third-order valence-electron chi connectivity index (χ3n) is 1.15. The number of methoxy groups -OCH3 is 1. The molecule has 0 saturated carbocycles. The second-order valence-corrected chi connectivity index (χ2v) is 1.82. The van der Waals surface area contributed by atoms with Gasteiger partial charge in [0, 0.05) is 0 Å². The normalized spacial score (nSPS) is 9.18. The van der Waals surface area contributed by atoms with E-state index in [-0.39, 0.29) is 11.4 Å². The maximum Gasteiger partial charge on any atom is 0.341 e. The Morgan fingerprint density at radius 3 is 3.00 bits per heavy atom. The Bertz CT molecular complexity index is 274. The van der Waals surface area contributed by atoms with Crippen molar-refractivity contribution < 1.29 is 9.53 Å². The molecular formula is C6H7N3O2. The molecule has 0 atom stereocenters. The van der Waals surface area contributed by atoms with Gasteiger partial charge >= 0.3 is 5.97 Å². The number of carbonyl (C=O) groups excluding carboxylic acids is 1. The highest BCUT2D eigenvalue weighted by atomic mass is 16.5. The van der Waals surface area contributed by atoms with Gasteiger partial charge in [0.1, 0.15) is 5.56 Å². The number of nitrogens with two attached hydrogens (primary N) is 1. The number of ether oxygens (including phenoxy) is 1. The van der Waals surface area contributed by atoms with Crippen molar-refractivity contribution in [2.75, 3.05) is 12.8 Å². The monoisotopic (exact) mass is 153 g/mol. The molecule has 5 nitrogen and oxygen atoms in total. The predicted molar refractivity (Wildman–Crippen MR) is 37.8 cm³/mol. The molecule has 5 heteroatoms. The van der Waals surface area contributed by atoms with Gasteiger partial charge in [0.15, 0.2) is 5.82 Å². The number of aromatic nitrogens is 2. The molecule has 0 aliphatic carbocycles. The molecule has 58 valence electrons. The summed E-state index contributed by atoms with van der Waals surface area (Å²) < 4.78 is 4.43. The van der Waals surface area contributed by atoms with Crippen molar-refractivity contribution in [2.45, 2.75) is 0 Å². The number of hydrogen-bond donors (Lipinski definition) is 1. The van der Waals surface area contributed by atoms with Crippen LogP contribution in [0.1, 0.15) is 10.4 Å². The molecule has 0 unspecified atom stereocenters. The Morgan fingerprint density at radius 1 is 1.73 bits per heavy atom. The summed E-state index contributed by atoms with van der Waals surface area (Å²) in [5, 5.41) is 6.95. The SMILES string of the molecule is COC(=O)c1ccnnc1N. The van der Waals surface area contributed by atoms with Crippen LogP contribution in [0.2, 0.25) is 0 Å². The fourth-order valence-corrected chi connectivity index (χ4v) is 0.625. The van der Waals surface area contributed by atoms with Crippen molar-refractivity contribution in [2.24, 2.45) is 0 Å². The molecule has 0 aliphatic heterocycles. The quantitative estimate of drug-likeness (QED) is 0.567. The summed E-state index contributed by atoms with van der Waals surface area (Å²) in [6.45, 7) is 0. The molecule has 0 fully saturated rings. The van der Waals surface area contributed by atoms with Crippen LogP contribution in [0.5, 0.6) is 0 Å². The highest BCUT2D eigenvalue weighted by Crippen LogP contribution is 2.05. The van der Waals surface area contributed by atoms with Gasteiger partial charge < -0.3 is 10.5 Å². The fraction of sp³-hybridized carbons (Fsp3) is 0.167. The highest BCUT2D eigenvalue weighted by molar-refractivity contribution is 5.93. The van der Waals surface area contributed by atoms with Gasteiger partial charge in [-0.05, 0) is 6.07 Å². The summed E-state index contributed by atoms with van der Waals surface area (Å²) >= 11 is 0. The molecule has 1 aromatic heterocycles. The van der Waals surface area contributed by atoms with E-state index in [4.69, 9.17) is 5.73 Å². The lowest BCUT2D eigenvalue weighted by Crippen LogP contribution is -2.07. The van der Waals surface area contributed by atoms with Gasteiger partial charge in [-0.3, -0.25) is 0 Å². The molecule has 1 aromatic rings. The van der Waals surface area contributed by atoms with E-state index in [1.54, 1.807) is 0 Å². The number of nitrogen functional groups attached to an aromatic ring is 1. The standard InChI is InChI=1S/C6H7N3O2/c1-11-6(10)4-2-3-8-9-5(4)7/h2-3H,1H3,(H2,7,9). The first-order chi connectivity index (χ1) is 5.25. The zero-order valence-electron chi connectivity index (χ0n) is 5.94. The number of hydrogen-bond acceptors (Lipinski definition) is 5. The third-order valence-corrected chi connectivity index (χ3v) is 1.15. The lowest BCUT2D eigenvalue weighted by Gasteiger charge is -1.98. The van der Waals surface area contributed by atoms with Crippen LogP contribution in [0.4, 0.5) is 5.82 Å². The van der Waals surface area contributed by atoms with Crippen LogP contribution < -0.4 is 5.73 Å². The van der Waals surface area contributed by atoms with Crippen LogP contribution in [0.3, 0.4) is 0 Å². The molecule has 1 rings (SSSR count). The van der Waals surface area contributed by atoms with Gasteiger partial charge in [0.2, 0.25) is 0 Å². The van der Waals surface area contributed by atoms with Crippen LogP contribution >= 0.6 is 0 Å². The van der Waals surface area contributed by atoms with Crippen LogP contribution in [-0.2, 0) is 4.74 Å². The van der Waals surface area contributed by atoms with Crippen molar-refractivity contribution in [3.8, 4) is 0 Å². The van der Waals surface area contributed by atoms with Crippen molar-refractivity contribution in [1.29, 1.82) is 0 Å². The van der Waals surface area contributed by atoms with Crippen molar-refractivity contribution in [1.82, 2.24) is 10.2 Å². The molecule has 0 amide bonds. The smallest absolute Gasteiger partial charge is 0.341 e. The van der Waals surface area contributed by atoms with Crippen molar-refractivity contribution in [3.63, 3.8) is 0 Å². The minimum Gasteiger partial charge on any atom is -0.465 e. The second-order valence-electron chi connectivity index (χ2n) is 1.82. The molecule has 0 spiro atoms. The van der Waals surface area contributed by atoms with Crippen LogP contribution in [0.25, 0.3) is 0 Å². The Morgan fingerprint density at radius 2 is 2.45 bits per heavy atom. The largest absolute Gasteiger partial charge is 0.465 e. The lowest BCUT2D eigenvalue weighted by molar-refractivity contribution is 0.0601. The lowest BCUT2D eigenvalue weighted by atomic mass is 10.3. The van der Waals surface area contributed by atoms with Gasteiger partial charge in [-0.1, -0.05) is 0 Å². The van der Waals surface area contributed by atoms with E-state index in [1.807, 2.05) is 0 Å². The number of anilines is 1. The molecule has 0 bridgehead atoms. The predicted octanol–water partition coefficient (Wildman–Crippen LogP) is -0.155. The Kier molecular flexibility index (Phi) is 2.00. The average molecular weight is 153 g/mol. The number of rotatable bonds is 1. The molecule has 2 N–H and O–H groups in total. The first-order valence-corrected chi connectivity index (χ1v) is 2.91. The highest BCUT2D eigenvalue weighted by Gasteiger charge is 2.09. The Labute approximate surface area is 63.2 Å². The number of carbonyl (C=O) groups is 1. The van der Waals surface area contributed by atoms with Crippen molar-refractivity contribution in [3.05, 3.63) is 17.8 Å². The summed E-state index contributed by atoms with van der Waals surface area (Å²) in [5.74, 6) is -0.420. The zero-order chi connectivity index (χ0) is 8.27. The molecule has 0 saturated heterocycles. The van der Waals surface area contributed by atoms with E-state index >= 15 is 0 Å². The molecule has 11 heavy (non-hydrogen) atoms. The first-order valence-electron chi connectivity index (χ1n) is 2.91. The topological polar surface area (TPSA) is 78.1 Å². The molecule has 1 heterocycles. The van der Waals surface area contributed by atoms with E-state index < -0.39 is 5.97 Å². The molecule has 0 radical (unpaired) electrons. The van der Waals surface area contributed by atoms with Crippen molar-refractivity contribution >= 4 is 11.8 Å². The van der Waals surface area contributed by atoms with Gasteiger partial charge in [0.05, 0.1) is 13.3 Å². The summed E-state index contributed by atoms with van der Waals surface area (Å²) in [4.78, 5) is 10.9. The third kappa shape index (κ3) is 1.43. The maximum absolute atomic E-state index is 10.9. The van der Waals surface area contributed by atoms with E-state index in [1.165, 1.54) is 19.4 Å². The first kappa shape index (κ1) is 7.46. The van der Waals surface area contributed by atoms with E-state index in [9.17, 15) is 4.79 Å². The van der Waals surface area contributed by atoms with Gasteiger partial charge in [-0.25, -0.2) is 4.79 Å². The molecule has 0 aromatic carbocycles. The summed E-state index contributed by atoms with van der Waals surface area (Å²) in [6.07, 6.45) is 1.38. The van der Waals surface area contributed by atoms with Gasteiger partial charge in [-0.15, -0.1) is 5.10 Å². The minimum atomic E-state index is -0.502. The Balaban J connectivity index is 3.03. The zero-order valence-corrected chi connectivity index (χ0v) is 5.94. The minimum absolute atomic E-state index is 0.0827. The van der Waals surface area contributed by atoms with Gasteiger partial charge in [-0.2, -0.15) is 5.10 Å². The van der Waals surface area contributed by atoms with Gasteiger partial charge in [0.25, 0.3) is 0 Å². The van der Waals surface area contributed by atoms with E-state index in [0.29, 0.717) is 0 Å². The Hall–Kier alpha value is -1.65. The van der Waals surface area contributed by atoms with E-state index in [2.05, 4.69) is 14.9 Å². The summed E-state index contributed by atoms with van der Waals surface area (Å²) in [6, 6.07) is 1.45. The number of esters is 1. The summed E-state index contributed by atoms with van der Waals surface area (Å²) in [7, 11) is 1.28. The fourth-order valence-electron chi connectivity index (χ4n) is 0.625.